The monoisotopic (exact) mass is 355 g/mol. The molecule has 1 aromatic carbocycles. The molecule has 0 unspecified atom stereocenters. The van der Waals surface area contributed by atoms with Crippen LogP contribution in [-0.2, 0) is 11.3 Å². The van der Waals surface area contributed by atoms with Crippen LogP contribution in [0, 0.1) is 5.82 Å². The highest BCUT2D eigenvalue weighted by atomic mass is 79.9. The molecule has 1 aromatic heterocycles. The quantitative estimate of drug-likeness (QED) is 0.545. The third kappa shape index (κ3) is 4.35. The molecule has 0 amide bonds. The van der Waals surface area contributed by atoms with E-state index in [2.05, 4.69) is 36.6 Å². The molecule has 6 nitrogen and oxygen atoms in total. The van der Waals surface area contributed by atoms with Gasteiger partial charge in [-0.3, -0.25) is 0 Å². The number of nitrogens with one attached hydrogen (secondary N) is 2. The maximum absolute atomic E-state index is 13.3. The van der Waals surface area contributed by atoms with E-state index in [9.17, 15) is 4.39 Å². The zero-order valence-electron chi connectivity index (χ0n) is 11.4. The fourth-order valence-electron chi connectivity index (χ4n) is 1.62. The van der Waals surface area contributed by atoms with Gasteiger partial charge in [0.05, 0.1) is 5.69 Å². The molecule has 0 aliphatic rings. The fourth-order valence-corrected chi connectivity index (χ4v) is 1.97. The third-order valence-corrected chi connectivity index (χ3v) is 3.24. The van der Waals surface area contributed by atoms with E-state index in [-0.39, 0.29) is 12.4 Å². The van der Waals surface area contributed by atoms with Crippen molar-refractivity contribution in [2.24, 2.45) is 5.84 Å². The summed E-state index contributed by atoms with van der Waals surface area (Å²) in [7, 11) is 0. The van der Waals surface area contributed by atoms with Crippen LogP contribution in [0.25, 0.3) is 0 Å². The van der Waals surface area contributed by atoms with E-state index in [4.69, 9.17) is 10.6 Å². The zero-order valence-corrected chi connectivity index (χ0v) is 12.9. The summed E-state index contributed by atoms with van der Waals surface area (Å²) in [5.41, 5.74) is 3.02. The minimum atomic E-state index is -0.346. The summed E-state index contributed by atoms with van der Waals surface area (Å²) < 4.78 is 19.3. The van der Waals surface area contributed by atoms with Gasteiger partial charge in [0.2, 0.25) is 0 Å². The molecule has 0 bridgehead atoms. The van der Waals surface area contributed by atoms with Gasteiger partial charge in [-0.1, -0.05) is 0 Å². The first-order valence-electron chi connectivity index (χ1n) is 6.26. The summed E-state index contributed by atoms with van der Waals surface area (Å²) in [4.78, 5) is 8.47. The number of halogens is 2. The molecule has 112 valence electrons. The molecular formula is C13H15BrFN5O. The van der Waals surface area contributed by atoms with Crippen LogP contribution in [0.5, 0.6) is 0 Å². The molecule has 0 atom stereocenters. The van der Waals surface area contributed by atoms with Crippen molar-refractivity contribution in [2.45, 2.75) is 13.5 Å². The lowest BCUT2D eigenvalue weighted by atomic mass is 10.3. The van der Waals surface area contributed by atoms with Gasteiger partial charge in [0, 0.05) is 17.1 Å². The first-order valence-corrected chi connectivity index (χ1v) is 7.06. The number of anilines is 3. The second kappa shape index (κ2) is 7.30. The predicted octanol–water partition coefficient (Wildman–Crippen LogP) is 2.94. The molecule has 2 aromatic rings. The number of benzene rings is 1. The Bertz CT molecular complexity index is 626. The fraction of sp³-hybridized carbons (Fsp3) is 0.231. The summed E-state index contributed by atoms with van der Waals surface area (Å²) in [5, 5.41) is 3.02. The Morgan fingerprint density at radius 2 is 2.05 bits per heavy atom. The summed E-state index contributed by atoms with van der Waals surface area (Å²) >= 11 is 3.35. The minimum Gasteiger partial charge on any atom is -0.374 e. The number of nitrogens with two attached hydrogens (primary N) is 1. The standard InChI is InChI=1S/C13H15BrFN5O/c1-2-21-7-13-18-11(6-12(19-13)20-16)17-10-5-8(15)3-4-9(10)14/h3-6H,2,7,16H2,1H3,(H2,17,18,19,20). The van der Waals surface area contributed by atoms with Gasteiger partial charge in [-0.25, -0.2) is 20.2 Å². The number of nitrogen functional groups attached to an aromatic ring is 1. The van der Waals surface area contributed by atoms with Gasteiger partial charge in [-0.05, 0) is 41.1 Å². The Balaban J connectivity index is 2.27. The van der Waals surface area contributed by atoms with Gasteiger partial charge in [-0.2, -0.15) is 0 Å². The van der Waals surface area contributed by atoms with Crippen LogP contribution >= 0.6 is 15.9 Å². The van der Waals surface area contributed by atoms with Gasteiger partial charge < -0.3 is 15.5 Å². The molecule has 0 saturated carbocycles. The molecule has 8 heteroatoms. The molecule has 0 aliphatic carbocycles. The minimum absolute atomic E-state index is 0.269. The van der Waals surface area contributed by atoms with E-state index < -0.39 is 0 Å². The number of nitrogens with zero attached hydrogens (tertiary/aromatic N) is 2. The highest BCUT2D eigenvalue weighted by Crippen LogP contribution is 2.26. The Labute approximate surface area is 130 Å². The van der Waals surface area contributed by atoms with Crippen LogP contribution in [0.3, 0.4) is 0 Å². The SMILES string of the molecule is CCOCc1nc(NN)cc(Nc2cc(F)ccc2Br)n1. The summed E-state index contributed by atoms with van der Waals surface area (Å²) in [6, 6.07) is 5.96. The smallest absolute Gasteiger partial charge is 0.158 e. The Kier molecular flexibility index (Phi) is 5.43. The van der Waals surface area contributed by atoms with Gasteiger partial charge in [0.25, 0.3) is 0 Å². The maximum atomic E-state index is 13.3. The van der Waals surface area contributed by atoms with Crippen molar-refractivity contribution >= 4 is 33.3 Å². The van der Waals surface area contributed by atoms with E-state index >= 15 is 0 Å². The lowest BCUT2D eigenvalue weighted by molar-refractivity contribution is 0.128. The van der Waals surface area contributed by atoms with Crippen LogP contribution in [0.4, 0.5) is 21.7 Å². The topological polar surface area (TPSA) is 85.1 Å². The molecule has 1 heterocycles. The average Bonchev–Trinajstić information content (AvgIpc) is 2.48. The van der Waals surface area contributed by atoms with E-state index in [1.807, 2.05) is 6.92 Å². The van der Waals surface area contributed by atoms with Crippen LogP contribution < -0.4 is 16.6 Å². The van der Waals surface area contributed by atoms with E-state index in [1.54, 1.807) is 12.1 Å². The summed E-state index contributed by atoms with van der Waals surface area (Å²) in [6.07, 6.45) is 0. The molecule has 0 saturated heterocycles. The number of hydrogen-bond donors (Lipinski definition) is 3. The van der Waals surface area contributed by atoms with Crippen molar-refractivity contribution in [3.05, 3.63) is 40.4 Å². The van der Waals surface area contributed by atoms with Crippen molar-refractivity contribution in [1.82, 2.24) is 9.97 Å². The number of hydrogen-bond acceptors (Lipinski definition) is 6. The van der Waals surface area contributed by atoms with Gasteiger partial charge in [0.15, 0.2) is 5.82 Å². The molecular weight excluding hydrogens is 341 g/mol. The van der Waals surface area contributed by atoms with E-state index in [1.165, 1.54) is 12.1 Å². The van der Waals surface area contributed by atoms with Crippen molar-refractivity contribution in [3.63, 3.8) is 0 Å². The Morgan fingerprint density at radius 1 is 1.29 bits per heavy atom. The van der Waals surface area contributed by atoms with E-state index in [0.29, 0.717) is 29.8 Å². The zero-order chi connectivity index (χ0) is 15.2. The first-order chi connectivity index (χ1) is 10.1. The Morgan fingerprint density at radius 3 is 2.76 bits per heavy atom. The summed E-state index contributed by atoms with van der Waals surface area (Å²) in [6.45, 7) is 2.71. The molecule has 21 heavy (non-hydrogen) atoms. The first kappa shape index (κ1) is 15.6. The average molecular weight is 356 g/mol. The third-order valence-electron chi connectivity index (χ3n) is 2.55. The van der Waals surface area contributed by atoms with Gasteiger partial charge >= 0.3 is 0 Å². The van der Waals surface area contributed by atoms with Crippen LogP contribution in [0.2, 0.25) is 0 Å². The van der Waals surface area contributed by atoms with Gasteiger partial charge in [-0.15, -0.1) is 0 Å². The van der Waals surface area contributed by atoms with Crippen molar-refractivity contribution in [1.29, 1.82) is 0 Å². The molecule has 0 fully saturated rings. The lowest BCUT2D eigenvalue weighted by Crippen LogP contribution is -2.12. The highest BCUT2D eigenvalue weighted by Gasteiger charge is 2.07. The molecule has 0 spiro atoms. The van der Waals surface area contributed by atoms with Crippen LogP contribution in [-0.4, -0.2) is 16.6 Å². The Hall–Kier alpha value is -1.77. The van der Waals surface area contributed by atoms with Crippen molar-refractivity contribution in [3.8, 4) is 0 Å². The number of rotatable bonds is 6. The largest absolute Gasteiger partial charge is 0.374 e. The second-order valence-corrected chi connectivity index (χ2v) is 4.94. The van der Waals surface area contributed by atoms with Crippen LogP contribution in [0.1, 0.15) is 12.7 Å². The second-order valence-electron chi connectivity index (χ2n) is 4.09. The number of ether oxygens (including phenoxy) is 1. The highest BCUT2D eigenvalue weighted by molar-refractivity contribution is 9.10. The van der Waals surface area contributed by atoms with Crippen molar-refractivity contribution < 1.29 is 9.13 Å². The molecule has 0 radical (unpaired) electrons. The summed E-state index contributed by atoms with van der Waals surface area (Å²) in [5.74, 6) is 6.44. The normalized spacial score (nSPS) is 10.5. The van der Waals surface area contributed by atoms with Gasteiger partial charge in [0.1, 0.15) is 24.1 Å². The molecule has 0 aliphatic heterocycles. The molecule has 2 rings (SSSR count). The molecule has 4 N–H and O–H groups in total. The maximum Gasteiger partial charge on any atom is 0.158 e. The number of hydrazine groups is 1. The predicted molar refractivity (Wildman–Crippen MR) is 82.6 cm³/mol. The van der Waals surface area contributed by atoms with Crippen molar-refractivity contribution in [2.75, 3.05) is 17.3 Å². The van der Waals surface area contributed by atoms with E-state index in [0.717, 1.165) is 4.47 Å². The number of aromatic nitrogens is 2. The lowest BCUT2D eigenvalue weighted by Gasteiger charge is -2.11. The van der Waals surface area contributed by atoms with Crippen LogP contribution in [0.15, 0.2) is 28.7 Å².